The average molecular weight is 276 g/mol. The maximum atomic E-state index is 12.0. The van der Waals surface area contributed by atoms with Crippen molar-refractivity contribution in [2.45, 2.75) is 38.6 Å². The first-order valence-corrected chi connectivity index (χ1v) is 7.30. The number of nitrogens with zero attached hydrogens (tertiary/aromatic N) is 3. The number of hydrogen-bond donors (Lipinski definition) is 1. The molecule has 1 heterocycles. The van der Waals surface area contributed by atoms with Crippen LogP contribution in [-0.2, 0) is 13.6 Å². The molecule has 110 valence electrons. The van der Waals surface area contributed by atoms with E-state index in [1.807, 2.05) is 17.8 Å². The fraction of sp³-hybridized carbons (Fsp3) is 0.600. The van der Waals surface area contributed by atoms with Gasteiger partial charge in [0.05, 0.1) is 6.54 Å². The van der Waals surface area contributed by atoms with Crippen molar-refractivity contribution >= 4 is 6.03 Å². The van der Waals surface area contributed by atoms with Crippen LogP contribution in [-0.4, -0.2) is 34.1 Å². The Morgan fingerprint density at radius 2 is 2.35 bits per heavy atom. The van der Waals surface area contributed by atoms with Crippen LogP contribution in [0.1, 0.15) is 37.9 Å². The number of aryl methyl sites for hydroxylation is 1. The molecule has 5 nitrogen and oxygen atoms in total. The van der Waals surface area contributed by atoms with E-state index in [-0.39, 0.29) is 6.03 Å². The van der Waals surface area contributed by atoms with Gasteiger partial charge in [-0.2, -0.15) is 0 Å². The highest BCUT2D eigenvalue weighted by Crippen LogP contribution is 2.19. The third-order valence-electron chi connectivity index (χ3n) is 3.75. The number of urea groups is 1. The molecule has 0 spiro atoms. The highest BCUT2D eigenvalue weighted by atomic mass is 16.2. The molecule has 2 rings (SSSR count). The molecule has 0 unspecified atom stereocenters. The van der Waals surface area contributed by atoms with Crippen LogP contribution in [0, 0.1) is 0 Å². The first-order chi connectivity index (χ1) is 9.66. The van der Waals surface area contributed by atoms with Crippen LogP contribution in [0.15, 0.2) is 24.0 Å². The van der Waals surface area contributed by atoms with E-state index in [2.05, 4.69) is 16.4 Å². The minimum atomic E-state index is -0.0376. The van der Waals surface area contributed by atoms with E-state index in [1.165, 1.54) is 31.3 Å². The molecule has 0 bridgehead atoms. The molecule has 0 fully saturated rings. The van der Waals surface area contributed by atoms with Crippen molar-refractivity contribution in [1.29, 1.82) is 0 Å². The molecule has 0 radical (unpaired) electrons. The largest absolute Gasteiger partial charge is 0.338 e. The molecule has 0 atom stereocenters. The average Bonchev–Trinajstić information content (AvgIpc) is 2.85. The minimum Gasteiger partial charge on any atom is -0.338 e. The second kappa shape index (κ2) is 7.12. The molecule has 20 heavy (non-hydrogen) atoms. The summed E-state index contributed by atoms with van der Waals surface area (Å²) in [5, 5.41) is 2.97. The smallest absolute Gasteiger partial charge is 0.317 e. The lowest BCUT2D eigenvalue weighted by Gasteiger charge is -2.18. The zero-order chi connectivity index (χ0) is 14.4. The zero-order valence-corrected chi connectivity index (χ0v) is 12.4. The molecular weight excluding hydrogens is 252 g/mol. The highest BCUT2D eigenvalue weighted by Gasteiger charge is 2.11. The fourth-order valence-corrected chi connectivity index (χ4v) is 2.43. The number of nitrogens with one attached hydrogen (secondary N) is 1. The molecule has 1 aliphatic rings. The van der Waals surface area contributed by atoms with Gasteiger partial charge in [-0.05, 0) is 32.1 Å². The van der Waals surface area contributed by atoms with Gasteiger partial charge in [-0.1, -0.05) is 11.6 Å². The van der Waals surface area contributed by atoms with Gasteiger partial charge >= 0.3 is 6.03 Å². The summed E-state index contributed by atoms with van der Waals surface area (Å²) in [5.41, 5.74) is 1.49. The van der Waals surface area contributed by atoms with Crippen molar-refractivity contribution in [2.24, 2.45) is 7.05 Å². The van der Waals surface area contributed by atoms with Crippen molar-refractivity contribution in [3.63, 3.8) is 0 Å². The van der Waals surface area contributed by atoms with E-state index < -0.39 is 0 Å². The molecular formula is C15H24N4O. The minimum absolute atomic E-state index is 0.0376. The number of aromatic nitrogens is 2. The van der Waals surface area contributed by atoms with E-state index >= 15 is 0 Å². The van der Waals surface area contributed by atoms with Gasteiger partial charge in [0, 0.05) is 33.0 Å². The van der Waals surface area contributed by atoms with Crippen LogP contribution in [0.25, 0.3) is 0 Å². The predicted octanol–water partition coefficient (Wildman–Crippen LogP) is 2.45. The second-order valence-corrected chi connectivity index (χ2v) is 5.40. The van der Waals surface area contributed by atoms with Crippen molar-refractivity contribution in [3.8, 4) is 0 Å². The van der Waals surface area contributed by atoms with Crippen LogP contribution < -0.4 is 5.32 Å². The Balaban J connectivity index is 1.71. The molecule has 0 aliphatic heterocycles. The number of amides is 2. The summed E-state index contributed by atoms with van der Waals surface area (Å²) in [6.07, 6.45) is 11.9. The summed E-state index contributed by atoms with van der Waals surface area (Å²) in [7, 11) is 3.73. The first kappa shape index (κ1) is 14.6. The van der Waals surface area contributed by atoms with Gasteiger partial charge in [0.15, 0.2) is 0 Å². The molecule has 0 aromatic carbocycles. The topological polar surface area (TPSA) is 50.2 Å². The molecule has 1 aliphatic carbocycles. The Bertz CT molecular complexity index is 478. The quantitative estimate of drug-likeness (QED) is 0.840. The molecule has 0 saturated carbocycles. The number of imidazole rings is 1. The van der Waals surface area contributed by atoms with E-state index in [9.17, 15) is 4.79 Å². The summed E-state index contributed by atoms with van der Waals surface area (Å²) >= 11 is 0. The van der Waals surface area contributed by atoms with E-state index in [0.717, 1.165) is 18.8 Å². The Kier molecular flexibility index (Phi) is 5.21. The van der Waals surface area contributed by atoms with Crippen LogP contribution in [0.5, 0.6) is 0 Å². The van der Waals surface area contributed by atoms with Gasteiger partial charge in [0.2, 0.25) is 0 Å². The van der Waals surface area contributed by atoms with Crippen LogP contribution in [0.4, 0.5) is 4.79 Å². The predicted molar refractivity (Wildman–Crippen MR) is 79.2 cm³/mol. The van der Waals surface area contributed by atoms with Crippen molar-refractivity contribution < 1.29 is 4.79 Å². The molecule has 1 aromatic heterocycles. The van der Waals surface area contributed by atoms with Gasteiger partial charge in [-0.25, -0.2) is 9.78 Å². The molecule has 0 saturated heterocycles. The van der Waals surface area contributed by atoms with Gasteiger partial charge in [-0.15, -0.1) is 0 Å². The third kappa shape index (κ3) is 4.11. The number of carbonyl (C=O) groups is 1. The highest BCUT2D eigenvalue weighted by molar-refractivity contribution is 5.73. The monoisotopic (exact) mass is 276 g/mol. The standard InChI is InChI=1S/C15H24N4O/c1-18-11-10-16-14(18)12-19(2)15(20)17-9-8-13-6-4-3-5-7-13/h6,10-11H,3-5,7-9,12H2,1-2H3,(H,17,20). The summed E-state index contributed by atoms with van der Waals surface area (Å²) in [4.78, 5) is 17.9. The van der Waals surface area contributed by atoms with Crippen molar-refractivity contribution in [3.05, 3.63) is 29.9 Å². The maximum Gasteiger partial charge on any atom is 0.317 e. The Morgan fingerprint density at radius 1 is 1.50 bits per heavy atom. The van der Waals surface area contributed by atoms with Crippen molar-refractivity contribution in [1.82, 2.24) is 19.8 Å². The Morgan fingerprint density at radius 3 is 3.00 bits per heavy atom. The van der Waals surface area contributed by atoms with Gasteiger partial charge in [0.1, 0.15) is 5.82 Å². The van der Waals surface area contributed by atoms with Crippen LogP contribution in [0.3, 0.4) is 0 Å². The fourth-order valence-electron chi connectivity index (χ4n) is 2.43. The Labute approximate surface area is 120 Å². The van der Waals surface area contributed by atoms with Crippen LogP contribution in [0.2, 0.25) is 0 Å². The summed E-state index contributed by atoms with van der Waals surface area (Å²) in [6, 6.07) is -0.0376. The van der Waals surface area contributed by atoms with Gasteiger partial charge < -0.3 is 14.8 Å². The molecule has 2 amide bonds. The summed E-state index contributed by atoms with van der Waals surface area (Å²) in [6.45, 7) is 1.24. The molecule has 1 aromatic rings. The second-order valence-electron chi connectivity index (χ2n) is 5.40. The summed E-state index contributed by atoms with van der Waals surface area (Å²) < 4.78 is 1.93. The first-order valence-electron chi connectivity index (χ1n) is 7.30. The lowest BCUT2D eigenvalue weighted by Crippen LogP contribution is -2.37. The number of rotatable bonds is 5. The molecule has 1 N–H and O–H groups in total. The number of allylic oxidation sites excluding steroid dienone is 1. The van der Waals surface area contributed by atoms with E-state index in [0.29, 0.717) is 6.54 Å². The SMILES string of the molecule is CN(Cc1nccn1C)C(=O)NCCC1=CCCCC1. The maximum absolute atomic E-state index is 12.0. The molecule has 5 heteroatoms. The lowest BCUT2D eigenvalue weighted by molar-refractivity contribution is 0.205. The van der Waals surface area contributed by atoms with Crippen LogP contribution >= 0.6 is 0 Å². The van der Waals surface area contributed by atoms with Gasteiger partial charge in [-0.3, -0.25) is 0 Å². The van der Waals surface area contributed by atoms with Gasteiger partial charge in [0.25, 0.3) is 0 Å². The number of hydrogen-bond acceptors (Lipinski definition) is 2. The van der Waals surface area contributed by atoms with Crippen molar-refractivity contribution in [2.75, 3.05) is 13.6 Å². The zero-order valence-electron chi connectivity index (χ0n) is 12.4. The van der Waals surface area contributed by atoms with E-state index in [4.69, 9.17) is 0 Å². The third-order valence-corrected chi connectivity index (χ3v) is 3.75. The number of carbonyl (C=O) groups excluding carboxylic acids is 1. The Hall–Kier alpha value is -1.78. The lowest BCUT2D eigenvalue weighted by atomic mass is 9.97. The normalized spacial score (nSPS) is 14.8. The summed E-state index contributed by atoms with van der Waals surface area (Å²) in [5.74, 6) is 0.887. The van der Waals surface area contributed by atoms with E-state index in [1.54, 1.807) is 18.1 Å².